The van der Waals surface area contributed by atoms with E-state index in [0.29, 0.717) is 34.6 Å². The Hall–Kier alpha value is -4.36. The molecule has 0 saturated carbocycles. The number of anilines is 1. The van der Waals surface area contributed by atoms with E-state index in [4.69, 9.17) is 26.7 Å². The van der Waals surface area contributed by atoms with Crippen LogP contribution in [0.5, 0.6) is 5.75 Å². The minimum absolute atomic E-state index is 0.00965. The number of carbonyl (C=O) groups is 1. The third-order valence-corrected chi connectivity index (χ3v) is 7.03. The first kappa shape index (κ1) is 27.2. The van der Waals surface area contributed by atoms with Gasteiger partial charge in [0.1, 0.15) is 18.2 Å². The van der Waals surface area contributed by atoms with E-state index in [-0.39, 0.29) is 29.5 Å². The Morgan fingerprint density at radius 2 is 2.10 bits per heavy atom. The molecule has 1 saturated heterocycles. The van der Waals surface area contributed by atoms with Crippen molar-refractivity contribution in [3.05, 3.63) is 75.8 Å². The molecule has 1 aliphatic heterocycles. The maximum Gasteiger partial charge on any atom is 0.293 e. The van der Waals surface area contributed by atoms with Crippen LogP contribution in [-0.4, -0.2) is 54.9 Å². The maximum atomic E-state index is 14.0. The molecule has 12 nitrogen and oxygen atoms in total. The van der Waals surface area contributed by atoms with Crippen LogP contribution < -0.4 is 15.9 Å². The highest BCUT2D eigenvalue weighted by molar-refractivity contribution is 6.31. The number of nitrogens with zero attached hydrogens (tertiary/aromatic N) is 7. The lowest BCUT2D eigenvalue weighted by atomic mass is 10.0. The lowest BCUT2D eigenvalue weighted by molar-refractivity contribution is 0.0945. The molecule has 1 aliphatic rings. The molecule has 40 heavy (non-hydrogen) atoms. The van der Waals surface area contributed by atoms with Gasteiger partial charge in [-0.05, 0) is 78.6 Å². The Morgan fingerprint density at radius 1 is 1.27 bits per heavy atom. The van der Waals surface area contributed by atoms with Crippen LogP contribution in [0.15, 0.2) is 52.2 Å². The zero-order valence-corrected chi connectivity index (χ0v) is 22.4. The quantitative estimate of drug-likeness (QED) is 0.228. The van der Waals surface area contributed by atoms with Crippen LogP contribution in [-0.2, 0) is 13.2 Å². The first-order chi connectivity index (χ1) is 19.4. The number of likely N-dealkylation sites (tertiary alicyclic amines) is 1. The van der Waals surface area contributed by atoms with Gasteiger partial charge in [0, 0.05) is 18.2 Å². The van der Waals surface area contributed by atoms with Crippen LogP contribution in [0.2, 0.25) is 5.02 Å². The zero-order chi connectivity index (χ0) is 28.1. The van der Waals surface area contributed by atoms with Crippen LogP contribution in [0.1, 0.15) is 53.5 Å². The lowest BCUT2D eigenvalue weighted by Crippen LogP contribution is -2.38. The van der Waals surface area contributed by atoms with Crippen molar-refractivity contribution in [2.24, 2.45) is 5.10 Å². The van der Waals surface area contributed by atoms with Gasteiger partial charge in [0.15, 0.2) is 5.69 Å². The molecule has 0 spiro atoms. The highest BCUT2D eigenvalue weighted by atomic mass is 35.5. The predicted octanol–water partition coefficient (Wildman–Crippen LogP) is 3.74. The molecule has 1 atom stereocenters. The molecule has 2 aromatic heterocycles. The average molecular weight is 568 g/mol. The number of carbonyl (C=O) groups excluding carboxylic acids is 1. The summed E-state index contributed by atoms with van der Waals surface area (Å²) in [6.45, 7) is 3.43. The molecule has 3 heterocycles. The maximum absolute atomic E-state index is 14.0. The van der Waals surface area contributed by atoms with Crippen molar-refractivity contribution in [2.45, 2.75) is 45.4 Å². The van der Waals surface area contributed by atoms with Gasteiger partial charge in [0.25, 0.3) is 5.91 Å². The van der Waals surface area contributed by atoms with E-state index in [1.165, 1.54) is 23.0 Å². The largest absolute Gasteiger partial charge is 0.489 e. The summed E-state index contributed by atoms with van der Waals surface area (Å²) in [6, 6.07) is 11.7. The van der Waals surface area contributed by atoms with Gasteiger partial charge in [-0.15, -0.1) is 5.10 Å². The third-order valence-electron chi connectivity index (χ3n) is 6.67. The van der Waals surface area contributed by atoms with Crippen molar-refractivity contribution >= 4 is 29.5 Å². The zero-order valence-electron chi connectivity index (χ0n) is 21.6. The summed E-state index contributed by atoms with van der Waals surface area (Å²) < 4.78 is 25.7. The number of hydrazone groups is 1. The van der Waals surface area contributed by atoms with E-state index in [2.05, 4.69) is 43.0 Å². The Kier molecular flexibility index (Phi) is 8.31. The van der Waals surface area contributed by atoms with Gasteiger partial charge >= 0.3 is 0 Å². The van der Waals surface area contributed by atoms with Crippen molar-refractivity contribution in [3.63, 3.8) is 0 Å². The number of aromatic nitrogens is 5. The minimum Gasteiger partial charge on any atom is -0.489 e. The topological polar surface area (TPSA) is 150 Å². The fraction of sp³-hybridized carbons (Fsp3) is 0.308. The summed E-state index contributed by atoms with van der Waals surface area (Å²) in [5.41, 5.74) is 9.95. The molecular formula is C26H27ClFN9O3. The first-order valence-corrected chi connectivity index (χ1v) is 13.0. The minimum atomic E-state index is -0.543. The standard InChI is InChI=1S/C26H27ClFN9O3/c1-16-5-2-3-12-36(16)14-22-23(31-35-37(22)25-24(29)33-40-34-25)26(38)32-30-13-17-8-10-18(11-9-17)39-15-19-20(27)6-4-7-21(19)28/h4,6-11,13,16H,2-3,5,12,14-15H2,1H3,(H2,29,33)(H,32,38)/b30-13+/t16-/m1/s1. The van der Waals surface area contributed by atoms with Crippen molar-refractivity contribution in [1.29, 1.82) is 0 Å². The van der Waals surface area contributed by atoms with Crippen molar-refractivity contribution in [3.8, 4) is 11.6 Å². The predicted molar refractivity (Wildman–Crippen MR) is 145 cm³/mol. The Balaban J connectivity index is 1.25. The summed E-state index contributed by atoms with van der Waals surface area (Å²) >= 11 is 6.05. The SMILES string of the molecule is C[C@@H]1CCCCN1Cc1c(C(=O)N/N=C/c2ccc(OCc3c(F)cccc3Cl)cc2)nnn1-c1nonc1N. The summed E-state index contributed by atoms with van der Waals surface area (Å²) in [4.78, 5) is 15.3. The van der Waals surface area contributed by atoms with Gasteiger partial charge in [-0.2, -0.15) is 9.78 Å². The van der Waals surface area contributed by atoms with E-state index in [1.54, 1.807) is 30.3 Å². The first-order valence-electron chi connectivity index (χ1n) is 12.7. The molecule has 1 fully saturated rings. The fourth-order valence-corrected chi connectivity index (χ4v) is 4.62. The smallest absolute Gasteiger partial charge is 0.293 e. The second kappa shape index (κ2) is 12.2. The van der Waals surface area contributed by atoms with Crippen LogP contribution in [0.25, 0.3) is 5.82 Å². The monoisotopic (exact) mass is 567 g/mol. The van der Waals surface area contributed by atoms with Crippen LogP contribution in [0.3, 0.4) is 0 Å². The molecule has 208 valence electrons. The molecule has 4 aromatic rings. The van der Waals surface area contributed by atoms with Crippen molar-refractivity contribution in [2.75, 3.05) is 12.3 Å². The molecule has 0 radical (unpaired) electrons. The van der Waals surface area contributed by atoms with Gasteiger partial charge in [-0.3, -0.25) is 9.69 Å². The van der Waals surface area contributed by atoms with E-state index in [9.17, 15) is 9.18 Å². The van der Waals surface area contributed by atoms with E-state index >= 15 is 0 Å². The highest BCUT2D eigenvalue weighted by Crippen LogP contribution is 2.23. The van der Waals surface area contributed by atoms with Crippen molar-refractivity contribution < 1.29 is 18.6 Å². The summed E-state index contributed by atoms with van der Waals surface area (Å²) in [6.07, 6.45) is 4.75. The van der Waals surface area contributed by atoms with Gasteiger partial charge < -0.3 is 10.5 Å². The summed E-state index contributed by atoms with van der Waals surface area (Å²) in [7, 11) is 0. The van der Waals surface area contributed by atoms with Crippen LogP contribution in [0, 0.1) is 5.82 Å². The molecule has 0 unspecified atom stereocenters. The fourth-order valence-electron chi connectivity index (χ4n) is 4.41. The molecule has 0 aliphatic carbocycles. The van der Waals surface area contributed by atoms with Crippen LogP contribution in [0.4, 0.5) is 10.2 Å². The molecule has 0 bridgehead atoms. The molecule has 1 amide bonds. The number of nitrogens with two attached hydrogens (primary N) is 1. The number of amides is 1. The molecule has 14 heteroatoms. The Labute approximate surface area is 233 Å². The van der Waals surface area contributed by atoms with E-state index in [0.717, 1.165) is 25.8 Å². The van der Waals surface area contributed by atoms with Crippen molar-refractivity contribution in [1.82, 2.24) is 35.6 Å². The van der Waals surface area contributed by atoms with Gasteiger partial charge in [-0.25, -0.2) is 14.4 Å². The number of ether oxygens (including phenoxy) is 1. The van der Waals surface area contributed by atoms with Gasteiger partial charge in [0.2, 0.25) is 11.6 Å². The molecule has 5 rings (SSSR count). The molecular weight excluding hydrogens is 541 g/mol. The number of rotatable bonds is 9. The van der Waals surface area contributed by atoms with Gasteiger partial charge in [0.05, 0.1) is 16.9 Å². The molecule has 3 N–H and O–H groups in total. The average Bonchev–Trinajstić information content (AvgIpc) is 3.56. The highest BCUT2D eigenvalue weighted by Gasteiger charge is 2.28. The second-order valence-electron chi connectivity index (χ2n) is 9.34. The Bertz CT molecular complexity index is 1490. The number of piperidine rings is 1. The number of nitrogen functional groups attached to an aromatic ring is 1. The third kappa shape index (κ3) is 6.10. The summed E-state index contributed by atoms with van der Waals surface area (Å²) in [5, 5.41) is 20.0. The normalized spacial score (nSPS) is 15.9. The second-order valence-corrected chi connectivity index (χ2v) is 9.75. The molecule has 2 aromatic carbocycles. The van der Waals surface area contributed by atoms with E-state index in [1.807, 2.05) is 0 Å². The van der Waals surface area contributed by atoms with E-state index < -0.39 is 11.7 Å². The van der Waals surface area contributed by atoms with Crippen LogP contribution >= 0.6 is 11.6 Å². The number of hydrogen-bond donors (Lipinski definition) is 2. The number of halogens is 2. The number of hydrogen-bond acceptors (Lipinski definition) is 10. The van der Waals surface area contributed by atoms with Gasteiger partial charge in [-0.1, -0.05) is 29.3 Å². The number of nitrogens with one attached hydrogen (secondary N) is 1. The summed E-state index contributed by atoms with van der Waals surface area (Å²) in [5.74, 6) is -0.252. The lowest BCUT2D eigenvalue weighted by Gasteiger charge is -2.33. The number of benzene rings is 2. The Morgan fingerprint density at radius 3 is 2.83 bits per heavy atom.